The number of amides is 1. The quantitative estimate of drug-likeness (QED) is 0.679. The molecule has 0 unspecified atom stereocenters. The minimum atomic E-state index is -0.0982. The van der Waals surface area contributed by atoms with Crippen LogP contribution in [0.2, 0.25) is 0 Å². The Morgan fingerprint density at radius 2 is 2.54 bits per heavy atom. The summed E-state index contributed by atoms with van der Waals surface area (Å²) in [5, 5.41) is 8.96. The van der Waals surface area contributed by atoms with Gasteiger partial charge in [-0.25, -0.2) is 0 Å². The first kappa shape index (κ1) is 9.44. The number of nitrogens with one attached hydrogen (secondary N) is 2. The number of rotatable bonds is 4. The lowest BCUT2D eigenvalue weighted by Gasteiger charge is -1.96. The Morgan fingerprint density at radius 3 is 3.08 bits per heavy atom. The zero-order valence-electron chi connectivity index (χ0n) is 7.50. The Bertz CT molecular complexity index is 305. The van der Waals surface area contributed by atoms with Gasteiger partial charge in [-0.2, -0.15) is 4.98 Å². The molecule has 0 bridgehead atoms. The van der Waals surface area contributed by atoms with Crippen LogP contribution in [0.15, 0.2) is 12.7 Å². The number of carbonyl (C=O) groups excluding carboxylic acids is 1. The molecule has 0 spiro atoms. The fourth-order valence-electron chi connectivity index (χ4n) is 0.819. The number of aryl methyl sites for hydroxylation is 1. The third kappa shape index (κ3) is 3.06. The monoisotopic (exact) mass is 180 g/mol. The second-order valence-electron chi connectivity index (χ2n) is 2.62. The first-order chi connectivity index (χ1) is 6.22. The van der Waals surface area contributed by atoms with Gasteiger partial charge in [0.1, 0.15) is 5.82 Å². The molecule has 0 aliphatic carbocycles. The summed E-state index contributed by atoms with van der Waals surface area (Å²) in [5.74, 6) is 0.907. The third-order valence-corrected chi connectivity index (χ3v) is 1.42. The fraction of sp³-hybridized carbons (Fsp3) is 0.375. The molecule has 0 aliphatic rings. The van der Waals surface area contributed by atoms with E-state index < -0.39 is 0 Å². The van der Waals surface area contributed by atoms with Crippen LogP contribution >= 0.6 is 0 Å². The highest BCUT2D eigenvalue weighted by Crippen LogP contribution is 1.99. The van der Waals surface area contributed by atoms with E-state index in [0.29, 0.717) is 24.6 Å². The highest BCUT2D eigenvalue weighted by Gasteiger charge is 2.03. The van der Waals surface area contributed by atoms with E-state index in [4.69, 9.17) is 0 Å². The fourth-order valence-corrected chi connectivity index (χ4v) is 0.819. The van der Waals surface area contributed by atoms with Crippen LogP contribution < -0.4 is 5.32 Å². The maximum absolute atomic E-state index is 11.1. The summed E-state index contributed by atoms with van der Waals surface area (Å²) in [7, 11) is 0. The molecule has 0 saturated carbocycles. The first-order valence-corrected chi connectivity index (χ1v) is 4.02. The molecule has 70 valence electrons. The molecule has 5 heteroatoms. The van der Waals surface area contributed by atoms with Gasteiger partial charge in [0.25, 0.3) is 0 Å². The zero-order valence-corrected chi connectivity index (χ0v) is 7.50. The van der Waals surface area contributed by atoms with Crippen LogP contribution in [0.3, 0.4) is 0 Å². The standard InChI is InChI=1S/C8H12N4O/c1-3-4-5-7(13)10-8-9-6(2)11-12-8/h3H,1,4-5H2,2H3,(H2,9,10,11,12,13). The van der Waals surface area contributed by atoms with Gasteiger partial charge in [-0.15, -0.1) is 11.7 Å². The normalized spacial score (nSPS) is 9.62. The van der Waals surface area contributed by atoms with Crippen molar-refractivity contribution in [1.29, 1.82) is 0 Å². The molecule has 0 aromatic carbocycles. The van der Waals surface area contributed by atoms with Crippen LogP contribution in [0.4, 0.5) is 5.95 Å². The molecule has 2 N–H and O–H groups in total. The van der Waals surface area contributed by atoms with Crippen LogP contribution in [0.25, 0.3) is 0 Å². The lowest BCUT2D eigenvalue weighted by Crippen LogP contribution is -2.11. The lowest BCUT2D eigenvalue weighted by molar-refractivity contribution is -0.116. The van der Waals surface area contributed by atoms with E-state index in [1.54, 1.807) is 13.0 Å². The van der Waals surface area contributed by atoms with E-state index in [0.717, 1.165) is 0 Å². The Balaban J connectivity index is 2.40. The summed E-state index contributed by atoms with van der Waals surface area (Å²) >= 11 is 0. The average molecular weight is 180 g/mol. The molecule has 0 saturated heterocycles. The van der Waals surface area contributed by atoms with Gasteiger partial charge in [-0.05, 0) is 13.3 Å². The van der Waals surface area contributed by atoms with Crippen molar-refractivity contribution in [3.05, 3.63) is 18.5 Å². The number of hydrogen-bond donors (Lipinski definition) is 2. The molecule has 1 rings (SSSR count). The molecule has 0 aliphatic heterocycles. The van der Waals surface area contributed by atoms with E-state index >= 15 is 0 Å². The summed E-state index contributed by atoms with van der Waals surface area (Å²) in [6.07, 6.45) is 2.77. The second-order valence-corrected chi connectivity index (χ2v) is 2.62. The first-order valence-electron chi connectivity index (χ1n) is 4.02. The molecule has 0 atom stereocenters. The molecule has 1 heterocycles. The molecule has 0 radical (unpaired) electrons. The Kier molecular flexibility index (Phi) is 3.19. The van der Waals surface area contributed by atoms with Crippen molar-refractivity contribution in [1.82, 2.24) is 15.2 Å². The minimum absolute atomic E-state index is 0.0982. The summed E-state index contributed by atoms with van der Waals surface area (Å²) in [4.78, 5) is 15.1. The van der Waals surface area contributed by atoms with Crippen molar-refractivity contribution >= 4 is 11.9 Å². The van der Waals surface area contributed by atoms with Gasteiger partial charge in [0, 0.05) is 6.42 Å². The van der Waals surface area contributed by atoms with Crippen LogP contribution in [-0.2, 0) is 4.79 Å². The lowest BCUT2D eigenvalue weighted by atomic mass is 10.3. The van der Waals surface area contributed by atoms with Gasteiger partial charge in [-0.3, -0.25) is 15.2 Å². The van der Waals surface area contributed by atoms with Crippen molar-refractivity contribution in [2.75, 3.05) is 5.32 Å². The maximum atomic E-state index is 11.1. The molecule has 5 nitrogen and oxygen atoms in total. The Morgan fingerprint density at radius 1 is 1.77 bits per heavy atom. The number of carbonyl (C=O) groups is 1. The highest BCUT2D eigenvalue weighted by molar-refractivity contribution is 5.88. The Hall–Kier alpha value is -1.65. The number of hydrogen-bond acceptors (Lipinski definition) is 3. The van der Waals surface area contributed by atoms with Crippen molar-refractivity contribution in [2.24, 2.45) is 0 Å². The summed E-state index contributed by atoms with van der Waals surface area (Å²) < 4.78 is 0. The van der Waals surface area contributed by atoms with Gasteiger partial charge in [-0.1, -0.05) is 6.08 Å². The third-order valence-electron chi connectivity index (χ3n) is 1.42. The van der Waals surface area contributed by atoms with E-state index in [1.165, 1.54) is 0 Å². The molecule has 0 fully saturated rings. The summed E-state index contributed by atoms with van der Waals surface area (Å²) in [6.45, 7) is 5.30. The van der Waals surface area contributed by atoms with Gasteiger partial charge < -0.3 is 0 Å². The molecular formula is C8H12N4O. The largest absolute Gasteiger partial charge is 0.293 e. The van der Waals surface area contributed by atoms with Crippen molar-refractivity contribution < 1.29 is 4.79 Å². The summed E-state index contributed by atoms with van der Waals surface area (Å²) in [5.41, 5.74) is 0. The highest BCUT2D eigenvalue weighted by atomic mass is 16.1. The van der Waals surface area contributed by atoms with Gasteiger partial charge in [0.2, 0.25) is 11.9 Å². The predicted octanol–water partition coefficient (Wildman–Crippen LogP) is 1.02. The zero-order chi connectivity index (χ0) is 9.68. The number of anilines is 1. The van der Waals surface area contributed by atoms with Crippen LogP contribution in [0.5, 0.6) is 0 Å². The van der Waals surface area contributed by atoms with Crippen LogP contribution in [0.1, 0.15) is 18.7 Å². The molecular weight excluding hydrogens is 168 g/mol. The number of H-pyrrole nitrogens is 1. The van der Waals surface area contributed by atoms with Crippen LogP contribution in [0, 0.1) is 6.92 Å². The second kappa shape index (κ2) is 4.39. The van der Waals surface area contributed by atoms with E-state index in [9.17, 15) is 4.79 Å². The van der Waals surface area contributed by atoms with Crippen molar-refractivity contribution in [3.8, 4) is 0 Å². The number of nitrogens with zero attached hydrogens (tertiary/aromatic N) is 2. The summed E-state index contributed by atoms with van der Waals surface area (Å²) in [6, 6.07) is 0. The predicted molar refractivity (Wildman–Crippen MR) is 49.2 cm³/mol. The smallest absolute Gasteiger partial charge is 0.248 e. The molecule has 1 aromatic heterocycles. The molecule has 1 aromatic rings. The van der Waals surface area contributed by atoms with E-state index in [1.807, 2.05) is 0 Å². The minimum Gasteiger partial charge on any atom is -0.293 e. The number of aromatic amines is 1. The van der Waals surface area contributed by atoms with Crippen LogP contribution in [-0.4, -0.2) is 21.1 Å². The number of aromatic nitrogens is 3. The topological polar surface area (TPSA) is 70.7 Å². The average Bonchev–Trinajstić information content (AvgIpc) is 2.48. The van der Waals surface area contributed by atoms with Crippen molar-refractivity contribution in [3.63, 3.8) is 0 Å². The van der Waals surface area contributed by atoms with Gasteiger partial charge >= 0.3 is 0 Å². The Labute approximate surface area is 76.3 Å². The maximum Gasteiger partial charge on any atom is 0.248 e. The van der Waals surface area contributed by atoms with Crippen molar-refractivity contribution in [2.45, 2.75) is 19.8 Å². The van der Waals surface area contributed by atoms with Gasteiger partial charge in [0.15, 0.2) is 0 Å². The SMILES string of the molecule is C=CCCC(=O)Nc1n[nH]c(C)n1. The van der Waals surface area contributed by atoms with E-state index in [-0.39, 0.29) is 5.91 Å². The van der Waals surface area contributed by atoms with E-state index in [2.05, 4.69) is 27.1 Å². The molecule has 13 heavy (non-hydrogen) atoms. The van der Waals surface area contributed by atoms with Gasteiger partial charge in [0.05, 0.1) is 0 Å². The number of allylic oxidation sites excluding steroid dienone is 1. The molecule has 1 amide bonds.